The van der Waals surface area contributed by atoms with Crippen LogP contribution in [-0.4, -0.2) is 80.6 Å². The number of morpholine rings is 1. The first-order valence-corrected chi connectivity index (χ1v) is 13.5. The maximum atomic E-state index is 14.0. The van der Waals surface area contributed by atoms with Crippen molar-refractivity contribution in [1.29, 1.82) is 0 Å². The first kappa shape index (κ1) is 25.6. The first-order chi connectivity index (χ1) is 18.1. The van der Waals surface area contributed by atoms with Gasteiger partial charge in [0.1, 0.15) is 11.6 Å². The third kappa shape index (κ3) is 6.47. The Bertz CT molecular complexity index is 1230. The third-order valence-electron chi connectivity index (χ3n) is 7.10. The molecule has 3 aromatic rings. The Balaban J connectivity index is 1.06. The predicted molar refractivity (Wildman–Crippen MR) is 153 cm³/mol. The van der Waals surface area contributed by atoms with Gasteiger partial charge in [0.25, 0.3) is 0 Å². The summed E-state index contributed by atoms with van der Waals surface area (Å²) in [6.45, 7) is 10.7. The van der Waals surface area contributed by atoms with Gasteiger partial charge in [-0.05, 0) is 74.1 Å². The lowest BCUT2D eigenvalue weighted by Crippen LogP contribution is -2.47. The number of aromatic nitrogens is 1. The van der Waals surface area contributed by atoms with Crippen molar-refractivity contribution in [3.05, 3.63) is 59.9 Å². The summed E-state index contributed by atoms with van der Waals surface area (Å²) < 4.78 is 19.5. The van der Waals surface area contributed by atoms with Crippen LogP contribution < -0.4 is 20.4 Å². The van der Waals surface area contributed by atoms with Crippen LogP contribution in [0.4, 0.5) is 21.6 Å². The van der Waals surface area contributed by atoms with Crippen LogP contribution in [0.5, 0.6) is 0 Å². The van der Waals surface area contributed by atoms with Gasteiger partial charge in [-0.1, -0.05) is 12.1 Å². The molecular weight excluding hydrogens is 487 g/mol. The van der Waals surface area contributed by atoms with E-state index in [0.29, 0.717) is 10.8 Å². The van der Waals surface area contributed by atoms with Crippen molar-refractivity contribution in [3.8, 4) is 0 Å². The molecule has 1 aromatic heterocycles. The molecule has 37 heavy (non-hydrogen) atoms. The summed E-state index contributed by atoms with van der Waals surface area (Å²) in [6.07, 6.45) is 0.993. The fourth-order valence-electron chi connectivity index (χ4n) is 5.01. The van der Waals surface area contributed by atoms with Crippen LogP contribution in [0.15, 0.2) is 48.5 Å². The number of hydrogen-bond acceptors (Lipinski definition) is 6. The number of fused-ring (bicyclic) bond motifs is 1. The van der Waals surface area contributed by atoms with Gasteiger partial charge in [-0.3, -0.25) is 4.90 Å². The van der Waals surface area contributed by atoms with Gasteiger partial charge in [0.2, 0.25) is 0 Å². The van der Waals surface area contributed by atoms with Gasteiger partial charge < -0.3 is 25.2 Å². The van der Waals surface area contributed by atoms with E-state index in [1.807, 2.05) is 18.2 Å². The van der Waals surface area contributed by atoms with Gasteiger partial charge in [0.15, 0.2) is 5.11 Å². The van der Waals surface area contributed by atoms with E-state index in [9.17, 15) is 4.39 Å². The second-order valence-corrected chi connectivity index (χ2v) is 10.1. The van der Waals surface area contributed by atoms with Crippen molar-refractivity contribution in [2.45, 2.75) is 13.3 Å². The zero-order valence-electron chi connectivity index (χ0n) is 21.4. The van der Waals surface area contributed by atoms with E-state index < -0.39 is 0 Å². The Morgan fingerprint density at radius 2 is 1.78 bits per heavy atom. The lowest BCUT2D eigenvalue weighted by atomic mass is 10.1. The third-order valence-corrected chi connectivity index (χ3v) is 7.34. The van der Waals surface area contributed by atoms with Crippen molar-refractivity contribution in [2.75, 3.05) is 80.7 Å². The predicted octanol–water partition coefficient (Wildman–Crippen LogP) is 4.02. The number of nitrogens with one attached hydrogen (secondary N) is 2. The normalized spacial score (nSPS) is 16.7. The van der Waals surface area contributed by atoms with Gasteiger partial charge in [-0.25, -0.2) is 9.37 Å². The van der Waals surface area contributed by atoms with Crippen molar-refractivity contribution in [3.63, 3.8) is 0 Å². The number of hydrogen-bond donors (Lipinski definition) is 2. The number of para-hydroxylation sites is 1. The molecule has 3 heterocycles. The van der Waals surface area contributed by atoms with Crippen LogP contribution in [0.2, 0.25) is 0 Å². The maximum absolute atomic E-state index is 14.0. The fourth-order valence-corrected chi connectivity index (χ4v) is 5.23. The average molecular weight is 523 g/mol. The number of nitrogens with zero attached hydrogens (tertiary/aromatic N) is 4. The molecule has 2 aliphatic rings. The number of benzene rings is 2. The molecule has 0 radical (unpaired) electrons. The summed E-state index contributed by atoms with van der Waals surface area (Å²) in [5, 5.41) is 8.39. The number of rotatable bonds is 7. The van der Waals surface area contributed by atoms with Crippen LogP contribution in [0.3, 0.4) is 0 Å². The van der Waals surface area contributed by atoms with Crippen molar-refractivity contribution < 1.29 is 9.13 Å². The van der Waals surface area contributed by atoms with Gasteiger partial charge in [0, 0.05) is 56.9 Å². The number of aryl methyl sites for hydroxylation is 1. The summed E-state index contributed by atoms with van der Waals surface area (Å²) >= 11 is 5.54. The van der Waals surface area contributed by atoms with E-state index in [-0.39, 0.29) is 5.82 Å². The summed E-state index contributed by atoms with van der Waals surface area (Å²) in [6, 6.07) is 15.4. The minimum Gasteiger partial charge on any atom is -0.378 e. The molecule has 2 aromatic carbocycles. The van der Waals surface area contributed by atoms with Gasteiger partial charge in [0.05, 0.1) is 24.4 Å². The minimum absolute atomic E-state index is 0.142. The Kier molecular flexibility index (Phi) is 8.33. The molecule has 2 fully saturated rings. The van der Waals surface area contributed by atoms with Crippen molar-refractivity contribution >= 4 is 45.4 Å². The average Bonchev–Trinajstić information content (AvgIpc) is 2.92. The highest BCUT2D eigenvalue weighted by Gasteiger charge is 2.19. The molecule has 0 saturated carbocycles. The quantitative estimate of drug-likeness (QED) is 0.357. The summed E-state index contributed by atoms with van der Waals surface area (Å²) in [4.78, 5) is 11.7. The lowest BCUT2D eigenvalue weighted by molar-refractivity contribution is 0.122. The van der Waals surface area contributed by atoms with E-state index >= 15 is 0 Å². The van der Waals surface area contributed by atoms with E-state index in [1.165, 1.54) is 11.6 Å². The molecule has 2 saturated heterocycles. The number of thiocarbonyl (C=S) groups is 1. The zero-order valence-corrected chi connectivity index (χ0v) is 22.2. The molecule has 2 aliphatic heterocycles. The van der Waals surface area contributed by atoms with Crippen LogP contribution in [-0.2, 0) is 4.74 Å². The molecule has 0 atom stereocenters. The number of anilines is 3. The molecular formula is C28H35FN6OS. The number of piperazine rings is 1. The monoisotopic (exact) mass is 522 g/mol. The molecule has 196 valence electrons. The molecule has 5 rings (SSSR count). The molecule has 0 amide bonds. The van der Waals surface area contributed by atoms with E-state index in [4.69, 9.17) is 21.9 Å². The van der Waals surface area contributed by atoms with Gasteiger partial charge in [-0.2, -0.15) is 0 Å². The summed E-state index contributed by atoms with van der Waals surface area (Å²) in [5.41, 5.74) is 3.85. The lowest BCUT2D eigenvalue weighted by Gasteiger charge is -2.36. The highest BCUT2D eigenvalue weighted by atomic mass is 32.1. The number of ether oxygens (including phenoxy) is 1. The molecule has 0 spiro atoms. The van der Waals surface area contributed by atoms with Crippen LogP contribution >= 0.6 is 12.2 Å². The fraction of sp³-hybridized carbons (Fsp3) is 0.429. The Labute approximate surface area is 223 Å². The maximum Gasteiger partial charge on any atom is 0.170 e. The highest BCUT2D eigenvalue weighted by Crippen LogP contribution is 2.26. The molecule has 9 heteroatoms. The molecule has 0 aliphatic carbocycles. The van der Waals surface area contributed by atoms with E-state index in [1.54, 1.807) is 6.07 Å². The van der Waals surface area contributed by atoms with Crippen molar-refractivity contribution in [1.82, 2.24) is 15.2 Å². The minimum atomic E-state index is -0.142. The second kappa shape index (κ2) is 12.0. The van der Waals surface area contributed by atoms with Gasteiger partial charge >= 0.3 is 0 Å². The van der Waals surface area contributed by atoms with Crippen LogP contribution in [0.25, 0.3) is 10.9 Å². The van der Waals surface area contributed by atoms with Crippen molar-refractivity contribution in [2.24, 2.45) is 0 Å². The molecule has 0 bridgehead atoms. The smallest absolute Gasteiger partial charge is 0.170 e. The Morgan fingerprint density at radius 3 is 2.57 bits per heavy atom. The number of halogens is 1. The second-order valence-electron chi connectivity index (χ2n) is 9.64. The first-order valence-electron chi connectivity index (χ1n) is 13.1. The number of pyridine rings is 1. The molecule has 0 unspecified atom stereocenters. The Morgan fingerprint density at radius 1 is 1.00 bits per heavy atom. The standard InChI is InChI=1S/C28H35FN6OS/c1-21-19-27(35-15-17-36-18-16-35)32-25-8-7-22(20-23(21)25)31-28(37)30-9-4-10-33-11-13-34(14-12-33)26-6-3-2-5-24(26)29/h2-3,5-8,19-20H,4,9-18H2,1H3,(H2,30,31,37). The largest absolute Gasteiger partial charge is 0.378 e. The SMILES string of the molecule is Cc1cc(N2CCOCC2)nc2ccc(NC(=S)NCCCN3CCN(c4ccccc4F)CC3)cc12. The van der Waals surface area contributed by atoms with Crippen LogP contribution in [0.1, 0.15) is 12.0 Å². The highest BCUT2D eigenvalue weighted by molar-refractivity contribution is 7.80. The zero-order chi connectivity index (χ0) is 25.6. The summed E-state index contributed by atoms with van der Waals surface area (Å²) in [5.74, 6) is 0.872. The topological polar surface area (TPSA) is 55.9 Å². The molecule has 2 N–H and O–H groups in total. The van der Waals surface area contributed by atoms with E-state index in [0.717, 1.165) is 94.4 Å². The van der Waals surface area contributed by atoms with E-state index in [2.05, 4.69) is 50.5 Å². The Hall–Kier alpha value is -3.01. The molecule has 7 nitrogen and oxygen atoms in total. The summed E-state index contributed by atoms with van der Waals surface area (Å²) in [7, 11) is 0. The van der Waals surface area contributed by atoms with Crippen LogP contribution in [0, 0.1) is 12.7 Å². The van der Waals surface area contributed by atoms with Gasteiger partial charge in [-0.15, -0.1) is 0 Å².